The number of nitrogens with two attached hydrogens (primary N) is 1. The van der Waals surface area contributed by atoms with E-state index in [1.165, 1.54) is 0 Å². The van der Waals surface area contributed by atoms with Gasteiger partial charge in [0.15, 0.2) is 5.60 Å². The Balaban J connectivity index is 3.22. The van der Waals surface area contributed by atoms with Crippen LogP contribution in [-0.4, -0.2) is 15.8 Å². The predicted molar refractivity (Wildman–Crippen MR) is 59.8 cm³/mol. The summed E-state index contributed by atoms with van der Waals surface area (Å²) in [6, 6.07) is 6.61. The summed E-state index contributed by atoms with van der Waals surface area (Å²) in [5, 5.41) is 9.99. The number of rotatable bonds is 3. The molecule has 1 atom stereocenters. The molecule has 0 saturated carbocycles. The first-order chi connectivity index (χ1) is 6.89. The monoisotopic (exact) mass is 247 g/mol. The number of hydrogen-bond acceptors (Lipinski definition) is 2. The van der Waals surface area contributed by atoms with Gasteiger partial charge in [-0.25, -0.2) is 0 Å². The molecule has 0 saturated heterocycles. The van der Waals surface area contributed by atoms with Crippen molar-refractivity contribution < 1.29 is 9.90 Å². The molecule has 0 bridgehead atoms. The first-order valence-electron chi connectivity index (χ1n) is 4.26. The lowest BCUT2D eigenvalue weighted by atomic mass is 9.94. The largest absolute Gasteiger partial charge is 0.373 e. The van der Waals surface area contributed by atoms with Gasteiger partial charge in [-0.1, -0.05) is 29.8 Å². The van der Waals surface area contributed by atoms with E-state index in [1.807, 2.05) is 6.92 Å². The van der Waals surface area contributed by atoms with Gasteiger partial charge in [0.05, 0.1) is 0 Å². The second-order valence-corrected chi connectivity index (χ2v) is 4.39. The standard InChI is InChI=1S/C10H11Cl2NO2/c1-6-2-4-7(5-3-6)10(15,8(11)12)9(13)14/h2-5,8,15H,1H3,(H2,13,14). The van der Waals surface area contributed by atoms with Crippen LogP contribution < -0.4 is 5.73 Å². The van der Waals surface area contributed by atoms with Crippen LogP contribution in [0.2, 0.25) is 0 Å². The predicted octanol–water partition coefficient (Wildman–Crippen LogP) is 1.47. The van der Waals surface area contributed by atoms with Gasteiger partial charge in [0, 0.05) is 0 Å². The van der Waals surface area contributed by atoms with Crippen molar-refractivity contribution in [3.05, 3.63) is 35.4 Å². The number of carbonyl (C=O) groups is 1. The third kappa shape index (κ3) is 2.25. The van der Waals surface area contributed by atoms with E-state index >= 15 is 0 Å². The first kappa shape index (κ1) is 12.3. The lowest BCUT2D eigenvalue weighted by molar-refractivity contribution is -0.135. The van der Waals surface area contributed by atoms with E-state index in [0.717, 1.165) is 5.56 Å². The van der Waals surface area contributed by atoms with Crippen LogP contribution in [0, 0.1) is 6.92 Å². The van der Waals surface area contributed by atoms with Crippen LogP contribution in [0.4, 0.5) is 0 Å². The number of alkyl halides is 2. The highest BCUT2D eigenvalue weighted by molar-refractivity contribution is 6.46. The minimum absolute atomic E-state index is 0.288. The highest BCUT2D eigenvalue weighted by Crippen LogP contribution is 2.31. The van der Waals surface area contributed by atoms with Gasteiger partial charge in [-0.05, 0) is 12.5 Å². The lowest BCUT2D eigenvalue weighted by Crippen LogP contribution is -2.46. The van der Waals surface area contributed by atoms with Crippen LogP contribution >= 0.6 is 23.2 Å². The number of benzene rings is 1. The maximum atomic E-state index is 11.2. The molecule has 1 amide bonds. The minimum atomic E-state index is -2.04. The Hall–Kier alpha value is -0.770. The first-order valence-corrected chi connectivity index (χ1v) is 5.14. The fraction of sp³-hybridized carbons (Fsp3) is 0.300. The molecule has 5 heteroatoms. The Labute approximate surface area is 97.8 Å². The van der Waals surface area contributed by atoms with Crippen LogP contribution in [-0.2, 0) is 10.4 Å². The van der Waals surface area contributed by atoms with Gasteiger partial charge < -0.3 is 10.8 Å². The highest BCUT2D eigenvalue weighted by Gasteiger charge is 2.42. The SMILES string of the molecule is Cc1ccc(C(O)(C(N)=O)C(Cl)Cl)cc1. The summed E-state index contributed by atoms with van der Waals surface area (Å²) in [7, 11) is 0. The lowest BCUT2D eigenvalue weighted by Gasteiger charge is -2.26. The molecule has 1 rings (SSSR count). The number of halogens is 2. The molecule has 0 fully saturated rings. The number of aryl methyl sites for hydroxylation is 1. The van der Waals surface area contributed by atoms with Crippen LogP contribution in [0.3, 0.4) is 0 Å². The molecule has 0 aromatic heterocycles. The van der Waals surface area contributed by atoms with Crippen molar-refractivity contribution in [2.24, 2.45) is 5.73 Å². The van der Waals surface area contributed by atoms with Gasteiger partial charge in [0.2, 0.25) is 0 Å². The molecule has 15 heavy (non-hydrogen) atoms. The average Bonchev–Trinajstić information content (AvgIpc) is 2.17. The van der Waals surface area contributed by atoms with Crippen LogP contribution in [0.25, 0.3) is 0 Å². The topological polar surface area (TPSA) is 63.3 Å². The van der Waals surface area contributed by atoms with Gasteiger partial charge in [-0.15, -0.1) is 23.2 Å². The second-order valence-electron chi connectivity index (χ2n) is 3.30. The number of hydrogen-bond donors (Lipinski definition) is 2. The molecular weight excluding hydrogens is 237 g/mol. The van der Waals surface area contributed by atoms with Crippen molar-refractivity contribution in [2.45, 2.75) is 17.4 Å². The van der Waals surface area contributed by atoms with Gasteiger partial charge in [0.1, 0.15) is 4.84 Å². The Bertz CT molecular complexity index is 364. The van der Waals surface area contributed by atoms with E-state index in [1.54, 1.807) is 24.3 Å². The zero-order valence-corrected chi connectivity index (χ0v) is 9.59. The minimum Gasteiger partial charge on any atom is -0.373 e. The summed E-state index contributed by atoms with van der Waals surface area (Å²) in [6.07, 6.45) is 0. The summed E-state index contributed by atoms with van der Waals surface area (Å²) in [5.41, 5.74) is 4.32. The number of amides is 1. The summed E-state index contributed by atoms with van der Waals surface area (Å²) in [5.74, 6) is -0.971. The number of primary amides is 1. The van der Waals surface area contributed by atoms with E-state index in [2.05, 4.69) is 0 Å². The highest BCUT2D eigenvalue weighted by atomic mass is 35.5. The summed E-state index contributed by atoms with van der Waals surface area (Å²) in [4.78, 5) is 9.84. The molecule has 0 spiro atoms. The molecule has 3 nitrogen and oxygen atoms in total. The Morgan fingerprint density at radius 2 is 1.87 bits per heavy atom. The van der Waals surface area contributed by atoms with Crippen molar-refractivity contribution in [2.75, 3.05) is 0 Å². The van der Waals surface area contributed by atoms with E-state index in [9.17, 15) is 9.90 Å². The maximum Gasteiger partial charge on any atom is 0.256 e. The fourth-order valence-electron chi connectivity index (χ4n) is 1.18. The quantitative estimate of drug-likeness (QED) is 0.795. The summed E-state index contributed by atoms with van der Waals surface area (Å²) >= 11 is 11.1. The smallest absolute Gasteiger partial charge is 0.256 e. The third-order valence-corrected chi connectivity index (χ3v) is 2.81. The third-order valence-electron chi connectivity index (χ3n) is 2.18. The second kappa shape index (κ2) is 4.39. The zero-order chi connectivity index (χ0) is 11.6. The molecular formula is C10H11Cl2NO2. The number of carbonyl (C=O) groups excluding carboxylic acids is 1. The van der Waals surface area contributed by atoms with Crippen molar-refractivity contribution >= 4 is 29.1 Å². The van der Waals surface area contributed by atoms with E-state index < -0.39 is 16.3 Å². The van der Waals surface area contributed by atoms with Gasteiger partial charge in [0.25, 0.3) is 5.91 Å². The van der Waals surface area contributed by atoms with Gasteiger partial charge in [-0.2, -0.15) is 0 Å². The van der Waals surface area contributed by atoms with Crippen molar-refractivity contribution in [1.82, 2.24) is 0 Å². The van der Waals surface area contributed by atoms with E-state index in [4.69, 9.17) is 28.9 Å². The van der Waals surface area contributed by atoms with E-state index in [-0.39, 0.29) is 5.56 Å². The normalized spacial score (nSPS) is 15.0. The molecule has 1 unspecified atom stereocenters. The molecule has 1 aromatic carbocycles. The van der Waals surface area contributed by atoms with Crippen molar-refractivity contribution in [1.29, 1.82) is 0 Å². The molecule has 82 valence electrons. The summed E-state index contributed by atoms with van der Waals surface area (Å²) in [6.45, 7) is 1.88. The molecule has 0 heterocycles. The molecule has 1 aromatic rings. The molecule has 0 aliphatic rings. The fourth-order valence-corrected chi connectivity index (χ4v) is 1.65. The molecule has 0 radical (unpaired) electrons. The van der Waals surface area contributed by atoms with Crippen molar-refractivity contribution in [3.63, 3.8) is 0 Å². The van der Waals surface area contributed by atoms with Crippen LogP contribution in [0.15, 0.2) is 24.3 Å². The average molecular weight is 248 g/mol. The molecule has 0 aliphatic heterocycles. The van der Waals surface area contributed by atoms with Crippen LogP contribution in [0.1, 0.15) is 11.1 Å². The zero-order valence-electron chi connectivity index (χ0n) is 8.08. The Kier molecular flexibility index (Phi) is 3.60. The van der Waals surface area contributed by atoms with Gasteiger partial charge >= 0.3 is 0 Å². The Morgan fingerprint density at radius 3 is 2.20 bits per heavy atom. The van der Waals surface area contributed by atoms with Crippen molar-refractivity contribution in [3.8, 4) is 0 Å². The maximum absolute atomic E-state index is 11.2. The van der Waals surface area contributed by atoms with Gasteiger partial charge in [-0.3, -0.25) is 4.79 Å². The number of aliphatic hydroxyl groups is 1. The summed E-state index contributed by atoms with van der Waals surface area (Å²) < 4.78 is 0. The molecule has 3 N–H and O–H groups in total. The Morgan fingerprint density at radius 1 is 1.40 bits per heavy atom. The molecule has 0 aliphatic carbocycles. The van der Waals surface area contributed by atoms with Crippen LogP contribution in [0.5, 0.6) is 0 Å². The van der Waals surface area contributed by atoms with E-state index in [0.29, 0.717) is 0 Å².